The zero-order valence-electron chi connectivity index (χ0n) is 14.2. The Hall–Kier alpha value is -3.42. The first-order valence-corrected chi connectivity index (χ1v) is 7.98. The molecule has 27 heavy (non-hydrogen) atoms. The van der Waals surface area contributed by atoms with E-state index in [0.717, 1.165) is 23.4 Å². The molecule has 2 N–H and O–H groups in total. The van der Waals surface area contributed by atoms with Crippen molar-refractivity contribution < 1.29 is 18.0 Å². The summed E-state index contributed by atoms with van der Waals surface area (Å²) in [6.07, 6.45) is -4.48. The smallest absolute Gasteiger partial charge is 0.339 e. The molecule has 3 rings (SSSR count). The van der Waals surface area contributed by atoms with Crippen LogP contribution < -0.4 is 10.6 Å². The highest BCUT2D eigenvalue weighted by molar-refractivity contribution is 6.02. The van der Waals surface area contributed by atoms with Crippen molar-refractivity contribution in [3.8, 4) is 0 Å². The van der Waals surface area contributed by atoms with Crippen LogP contribution in [-0.4, -0.2) is 16.1 Å². The van der Waals surface area contributed by atoms with Crippen LogP contribution in [0.15, 0.2) is 60.7 Å². The summed E-state index contributed by atoms with van der Waals surface area (Å²) >= 11 is 0. The second-order valence-electron chi connectivity index (χ2n) is 5.78. The maximum Gasteiger partial charge on any atom is 0.416 e. The molecule has 0 aliphatic heterocycles. The Kier molecular flexibility index (Phi) is 5.07. The summed E-state index contributed by atoms with van der Waals surface area (Å²) in [5, 5.41) is 13.2. The molecular weight excluding hydrogens is 357 g/mol. The van der Waals surface area contributed by atoms with Gasteiger partial charge in [-0.15, -0.1) is 10.2 Å². The average Bonchev–Trinajstić information content (AvgIpc) is 2.64. The van der Waals surface area contributed by atoms with Gasteiger partial charge in [0.05, 0.1) is 5.56 Å². The van der Waals surface area contributed by atoms with Gasteiger partial charge in [-0.2, -0.15) is 13.2 Å². The Bertz CT molecular complexity index is 956. The monoisotopic (exact) mass is 372 g/mol. The highest BCUT2D eigenvalue weighted by atomic mass is 19.4. The molecule has 138 valence electrons. The average molecular weight is 372 g/mol. The number of carbonyl (C=O) groups is 1. The largest absolute Gasteiger partial charge is 0.416 e. The van der Waals surface area contributed by atoms with E-state index in [1.165, 1.54) is 18.2 Å². The summed E-state index contributed by atoms with van der Waals surface area (Å²) in [5.41, 5.74) is 1.05. The number of para-hydroxylation sites is 1. The van der Waals surface area contributed by atoms with Crippen molar-refractivity contribution >= 4 is 23.1 Å². The normalized spacial score (nSPS) is 11.1. The zero-order chi connectivity index (χ0) is 19.4. The summed E-state index contributed by atoms with van der Waals surface area (Å²) in [7, 11) is 0. The lowest BCUT2D eigenvalue weighted by Crippen LogP contribution is -2.15. The second kappa shape index (κ2) is 7.45. The van der Waals surface area contributed by atoms with Crippen LogP contribution >= 0.6 is 0 Å². The van der Waals surface area contributed by atoms with Gasteiger partial charge in [0.15, 0.2) is 11.5 Å². The first-order valence-electron chi connectivity index (χ1n) is 7.98. The molecule has 0 aliphatic rings. The van der Waals surface area contributed by atoms with Gasteiger partial charge < -0.3 is 10.6 Å². The Balaban J connectivity index is 1.70. The van der Waals surface area contributed by atoms with Gasteiger partial charge in [0.25, 0.3) is 5.91 Å². The fourth-order valence-electron chi connectivity index (χ4n) is 2.34. The maximum absolute atomic E-state index is 12.7. The lowest BCUT2D eigenvalue weighted by atomic mass is 10.2. The summed E-state index contributed by atoms with van der Waals surface area (Å²) in [6.45, 7) is 1.94. The Morgan fingerprint density at radius 1 is 0.963 bits per heavy atom. The van der Waals surface area contributed by atoms with Crippen LogP contribution in [0.1, 0.15) is 21.6 Å². The lowest BCUT2D eigenvalue weighted by Gasteiger charge is -2.10. The number of anilines is 3. The minimum absolute atomic E-state index is 0.0113. The van der Waals surface area contributed by atoms with Gasteiger partial charge in [-0.3, -0.25) is 4.79 Å². The fourth-order valence-corrected chi connectivity index (χ4v) is 2.34. The molecule has 3 aromatic rings. The van der Waals surface area contributed by atoms with Gasteiger partial charge in [0.2, 0.25) is 0 Å². The van der Waals surface area contributed by atoms with E-state index in [2.05, 4.69) is 20.8 Å². The molecule has 0 bridgehead atoms. The molecule has 1 heterocycles. The van der Waals surface area contributed by atoms with E-state index < -0.39 is 17.6 Å². The summed E-state index contributed by atoms with van der Waals surface area (Å²) in [6, 6.07) is 15.0. The number of rotatable bonds is 4. The predicted molar refractivity (Wildman–Crippen MR) is 95.9 cm³/mol. The van der Waals surface area contributed by atoms with Gasteiger partial charge in [-0.1, -0.05) is 24.3 Å². The molecule has 0 unspecified atom stereocenters. The van der Waals surface area contributed by atoms with Crippen LogP contribution in [0.5, 0.6) is 0 Å². The lowest BCUT2D eigenvalue weighted by molar-refractivity contribution is -0.137. The highest BCUT2D eigenvalue weighted by Gasteiger charge is 2.30. The van der Waals surface area contributed by atoms with Crippen LogP contribution in [-0.2, 0) is 6.18 Å². The molecule has 5 nitrogen and oxygen atoms in total. The number of nitrogens with zero attached hydrogens (tertiary/aromatic N) is 2. The van der Waals surface area contributed by atoms with Crippen molar-refractivity contribution in [2.75, 3.05) is 10.6 Å². The molecule has 2 aromatic carbocycles. The van der Waals surface area contributed by atoms with Gasteiger partial charge in [-0.05, 0) is 48.9 Å². The maximum atomic E-state index is 12.7. The third-order valence-electron chi connectivity index (χ3n) is 3.75. The van der Waals surface area contributed by atoms with Crippen LogP contribution in [0.4, 0.5) is 30.4 Å². The molecule has 0 fully saturated rings. The van der Waals surface area contributed by atoms with Gasteiger partial charge in [-0.25, -0.2) is 0 Å². The van der Waals surface area contributed by atoms with E-state index >= 15 is 0 Å². The van der Waals surface area contributed by atoms with Crippen LogP contribution in [0, 0.1) is 6.92 Å². The third kappa shape index (κ3) is 4.60. The summed E-state index contributed by atoms with van der Waals surface area (Å²) in [5.74, 6) is -0.204. The number of benzene rings is 2. The quantitative estimate of drug-likeness (QED) is 0.690. The van der Waals surface area contributed by atoms with Crippen molar-refractivity contribution in [2.24, 2.45) is 0 Å². The standard InChI is InChI=1S/C19H15F3N4O/c1-12-5-2-3-8-15(12)24-17-10-9-16(25-26-17)18(27)23-14-7-4-6-13(11-14)19(20,21)22/h2-11H,1H3,(H,23,27)(H,24,26). The fraction of sp³-hybridized carbons (Fsp3) is 0.105. The molecule has 0 atom stereocenters. The molecular formula is C19H15F3N4O. The molecule has 0 radical (unpaired) electrons. The molecule has 0 saturated carbocycles. The number of nitrogens with one attached hydrogen (secondary N) is 2. The molecule has 8 heteroatoms. The number of hydrogen-bond donors (Lipinski definition) is 2. The van der Waals surface area contributed by atoms with E-state index in [1.807, 2.05) is 31.2 Å². The first kappa shape index (κ1) is 18.4. The number of amides is 1. The van der Waals surface area contributed by atoms with E-state index in [9.17, 15) is 18.0 Å². The minimum Gasteiger partial charge on any atom is -0.339 e. The molecule has 0 spiro atoms. The van der Waals surface area contributed by atoms with E-state index in [0.29, 0.717) is 5.82 Å². The second-order valence-corrected chi connectivity index (χ2v) is 5.78. The van der Waals surface area contributed by atoms with Gasteiger partial charge in [0, 0.05) is 11.4 Å². The van der Waals surface area contributed by atoms with Crippen LogP contribution in [0.3, 0.4) is 0 Å². The molecule has 1 amide bonds. The Morgan fingerprint density at radius 2 is 1.74 bits per heavy atom. The van der Waals surface area contributed by atoms with Crippen molar-refractivity contribution in [1.29, 1.82) is 0 Å². The summed E-state index contributed by atoms with van der Waals surface area (Å²) < 4.78 is 38.2. The SMILES string of the molecule is Cc1ccccc1Nc1ccc(C(=O)Nc2cccc(C(F)(F)F)c2)nn1. The van der Waals surface area contributed by atoms with Gasteiger partial charge >= 0.3 is 6.18 Å². The predicted octanol–water partition coefficient (Wildman–Crippen LogP) is 4.80. The molecule has 1 aromatic heterocycles. The number of aromatic nitrogens is 2. The van der Waals surface area contributed by atoms with Gasteiger partial charge in [0.1, 0.15) is 0 Å². The van der Waals surface area contributed by atoms with Crippen molar-refractivity contribution in [3.05, 3.63) is 77.5 Å². The van der Waals surface area contributed by atoms with Crippen molar-refractivity contribution in [3.63, 3.8) is 0 Å². The molecule has 0 aliphatic carbocycles. The van der Waals surface area contributed by atoms with Crippen molar-refractivity contribution in [2.45, 2.75) is 13.1 Å². The number of alkyl halides is 3. The van der Waals surface area contributed by atoms with E-state index in [4.69, 9.17) is 0 Å². The van der Waals surface area contributed by atoms with Crippen LogP contribution in [0.2, 0.25) is 0 Å². The highest BCUT2D eigenvalue weighted by Crippen LogP contribution is 2.30. The first-order chi connectivity index (χ1) is 12.8. The van der Waals surface area contributed by atoms with Crippen molar-refractivity contribution in [1.82, 2.24) is 10.2 Å². The number of carbonyl (C=O) groups excluding carboxylic acids is 1. The Morgan fingerprint density at radius 3 is 2.41 bits per heavy atom. The minimum atomic E-state index is -4.48. The number of halogens is 3. The number of hydrogen-bond acceptors (Lipinski definition) is 4. The summed E-state index contributed by atoms with van der Waals surface area (Å²) in [4.78, 5) is 12.2. The van der Waals surface area contributed by atoms with E-state index in [-0.39, 0.29) is 11.4 Å². The van der Waals surface area contributed by atoms with E-state index in [1.54, 1.807) is 6.07 Å². The third-order valence-corrected chi connectivity index (χ3v) is 3.75. The molecule has 0 saturated heterocycles. The van der Waals surface area contributed by atoms with Crippen LogP contribution in [0.25, 0.3) is 0 Å². The number of aryl methyl sites for hydroxylation is 1. The topological polar surface area (TPSA) is 66.9 Å². The zero-order valence-corrected chi connectivity index (χ0v) is 14.2. The Labute approximate surface area is 153 Å².